The maximum Gasteiger partial charge on any atom is 0.195 e. The average Bonchev–Trinajstić information content (AvgIpc) is 2.84. The van der Waals surface area contributed by atoms with Crippen LogP contribution < -0.4 is 5.73 Å². The number of aromatic amines is 1. The van der Waals surface area contributed by atoms with Gasteiger partial charge in [-0.15, -0.1) is 0 Å². The SMILES string of the molecule is Cc1c(N)cc(Br)cc1C(=O)c1c[nH]c2cc(F)ccc12. The highest BCUT2D eigenvalue weighted by atomic mass is 79.9. The molecular weight excluding hydrogens is 335 g/mol. The molecule has 0 saturated heterocycles. The predicted molar refractivity (Wildman–Crippen MR) is 85.0 cm³/mol. The number of carbonyl (C=O) groups is 1. The second-order valence-electron chi connectivity index (χ2n) is 4.89. The van der Waals surface area contributed by atoms with Gasteiger partial charge in [0.25, 0.3) is 0 Å². The van der Waals surface area contributed by atoms with Crippen LogP contribution in [0.25, 0.3) is 10.9 Å². The number of ketones is 1. The van der Waals surface area contributed by atoms with E-state index in [1.807, 2.05) is 6.92 Å². The minimum absolute atomic E-state index is 0.140. The number of aromatic nitrogens is 1. The summed E-state index contributed by atoms with van der Waals surface area (Å²) >= 11 is 3.35. The number of hydrogen-bond donors (Lipinski definition) is 2. The van der Waals surface area contributed by atoms with E-state index in [4.69, 9.17) is 5.73 Å². The molecule has 3 nitrogen and oxygen atoms in total. The quantitative estimate of drug-likeness (QED) is 0.539. The minimum atomic E-state index is -0.341. The molecule has 0 spiro atoms. The second-order valence-corrected chi connectivity index (χ2v) is 5.80. The van der Waals surface area contributed by atoms with E-state index in [2.05, 4.69) is 20.9 Å². The Labute approximate surface area is 129 Å². The summed E-state index contributed by atoms with van der Waals surface area (Å²) in [6.45, 7) is 1.81. The lowest BCUT2D eigenvalue weighted by Crippen LogP contribution is -2.05. The van der Waals surface area contributed by atoms with Crippen LogP contribution >= 0.6 is 15.9 Å². The van der Waals surface area contributed by atoms with Crippen LogP contribution in [0.5, 0.6) is 0 Å². The molecule has 0 atom stereocenters. The number of rotatable bonds is 2. The summed E-state index contributed by atoms with van der Waals surface area (Å²) in [5, 5.41) is 0.694. The molecule has 0 aliphatic rings. The van der Waals surface area contributed by atoms with E-state index < -0.39 is 0 Å². The molecule has 3 N–H and O–H groups in total. The summed E-state index contributed by atoms with van der Waals surface area (Å²) in [4.78, 5) is 15.7. The van der Waals surface area contributed by atoms with Crippen molar-refractivity contribution in [2.24, 2.45) is 0 Å². The standard InChI is InChI=1S/C16H12BrFN2O/c1-8-12(4-9(17)5-14(8)19)16(21)13-7-20-15-6-10(18)2-3-11(13)15/h2-7,20H,19H2,1H3. The van der Waals surface area contributed by atoms with E-state index in [1.165, 1.54) is 12.1 Å². The topological polar surface area (TPSA) is 58.9 Å². The van der Waals surface area contributed by atoms with Gasteiger partial charge in [-0.05, 0) is 42.8 Å². The van der Waals surface area contributed by atoms with Crippen LogP contribution in [0.1, 0.15) is 21.5 Å². The first-order valence-electron chi connectivity index (χ1n) is 6.34. The summed E-state index contributed by atoms with van der Waals surface area (Å²) in [5.74, 6) is -0.482. The first kappa shape index (κ1) is 13.8. The third-order valence-electron chi connectivity index (χ3n) is 3.55. The summed E-state index contributed by atoms with van der Waals surface area (Å²) in [6.07, 6.45) is 1.60. The van der Waals surface area contributed by atoms with E-state index in [-0.39, 0.29) is 11.6 Å². The van der Waals surface area contributed by atoms with Crippen LogP contribution in [0.3, 0.4) is 0 Å². The number of nitrogen functional groups attached to an aromatic ring is 1. The molecule has 0 aliphatic carbocycles. The fraction of sp³-hybridized carbons (Fsp3) is 0.0625. The number of halogens is 2. The molecule has 1 aromatic heterocycles. The molecular formula is C16H12BrFN2O. The lowest BCUT2D eigenvalue weighted by molar-refractivity contribution is 0.103. The Bertz CT molecular complexity index is 870. The number of fused-ring (bicyclic) bond motifs is 1. The van der Waals surface area contributed by atoms with Crippen LogP contribution in [0.2, 0.25) is 0 Å². The van der Waals surface area contributed by atoms with Crippen molar-refractivity contribution in [2.45, 2.75) is 6.92 Å². The van der Waals surface area contributed by atoms with Gasteiger partial charge >= 0.3 is 0 Å². The Morgan fingerprint density at radius 1 is 1.24 bits per heavy atom. The van der Waals surface area contributed by atoms with Crippen LogP contribution in [0.4, 0.5) is 10.1 Å². The summed E-state index contributed by atoms with van der Waals surface area (Å²) in [5.41, 5.74) is 8.83. The molecule has 0 amide bonds. The second kappa shape index (κ2) is 5.00. The smallest absolute Gasteiger partial charge is 0.195 e. The third kappa shape index (κ3) is 2.34. The van der Waals surface area contributed by atoms with E-state index in [1.54, 1.807) is 24.4 Å². The molecule has 1 heterocycles. The Morgan fingerprint density at radius 3 is 2.76 bits per heavy atom. The summed E-state index contributed by atoms with van der Waals surface area (Å²) in [6, 6.07) is 7.82. The average molecular weight is 347 g/mol. The zero-order valence-corrected chi connectivity index (χ0v) is 12.8. The van der Waals surface area contributed by atoms with E-state index >= 15 is 0 Å². The maximum atomic E-state index is 13.2. The Kier molecular flexibility index (Phi) is 3.29. The number of H-pyrrole nitrogens is 1. The molecule has 0 radical (unpaired) electrons. The molecule has 21 heavy (non-hydrogen) atoms. The molecule has 3 aromatic rings. The van der Waals surface area contributed by atoms with Gasteiger partial charge in [0.05, 0.1) is 0 Å². The Hall–Kier alpha value is -2.14. The van der Waals surface area contributed by atoms with Gasteiger partial charge in [-0.3, -0.25) is 4.79 Å². The molecule has 5 heteroatoms. The van der Waals surface area contributed by atoms with Crippen molar-refractivity contribution in [1.29, 1.82) is 0 Å². The van der Waals surface area contributed by atoms with Crippen molar-refractivity contribution in [1.82, 2.24) is 4.98 Å². The highest BCUT2D eigenvalue weighted by Gasteiger charge is 2.18. The first-order chi connectivity index (χ1) is 9.97. The van der Waals surface area contributed by atoms with Crippen molar-refractivity contribution >= 4 is 38.3 Å². The normalized spacial score (nSPS) is 11.0. The van der Waals surface area contributed by atoms with Crippen molar-refractivity contribution in [2.75, 3.05) is 5.73 Å². The van der Waals surface area contributed by atoms with Gasteiger partial charge in [0.2, 0.25) is 0 Å². The number of benzene rings is 2. The lowest BCUT2D eigenvalue weighted by atomic mass is 9.98. The zero-order chi connectivity index (χ0) is 15.1. The molecule has 0 fully saturated rings. The fourth-order valence-electron chi connectivity index (χ4n) is 2.37. The first-order valence-corrected chi connectivity index (χ1v) is 7.13. The van der Waals surface area contributed by atoms with Gasteiger partial charge in [0, 0.05) is 38.4 Å². The Morgan fingerprint density at radius 2 is 2.00 bits per heavy atom. The number of nitrogens with two attached hydrogens (primary N) is 1. The van der Waals surface area contributed by atoms with Crippen molar-refractivity contribution in [3.63, 3.8) is 0 Å². The van der Waals surface area contributed by atoms with Crippen molar-refractivity contribution in [3.05, 3.63) is 63.5 Å². The van der Waals surface area contributed by atoms with E-state index in [9.17, 15) is 9.18 Å². The molecule has 0 saturated carbocycles. The number of hydrogen-bond acceptors (Lipinski definition) is 2. The van der Waals surface area contributed by atoms with Gasteiger partial charge in [-0.2, -0.15) is 0 Å². The highest BCUT2D eigenvalue weighted by Crippen LogP contribution is 2.27. The molecule has 3 rings (SSSR count). The molecule has 0 aliphatic heterocycles. The fourth-order valence-corrected chi connectivity index (χ4v) is 2.84. The van der Waals surface area contributed by atoms with Crippen molar-refractivity contribution < 1.29 is 9.18 Å². The van der Waals surface area contributed by atoms with Crippen molar-refractivity contribution in [3.8, 4) is 0 Å². The maximum absolute atomic E-state index is 13.2. The molecule has 0 bridgehead atoms. The molecule has 2 aromatic carbocycles. The van der Waals surface area contributed by atoms with Gasteiger partial charge in [0.15, 0.2) is 5.78 Å². The monoisotopic (exact) mass is 346 g/mol. The molecule has 0 unspecified atom stereocenters. The number of anilines is 1. The summed E-state index contributed by atoms with van der Waals surface area (Å²) < 4.78 is 14.0. The largest absolute Gasteiger partial charge is 0.398 e. The van der Waals surface area contributed by atoms with E-state index in [0.29, 0.717) is 27.7 Å². The van der Waals surface area contributed by atoms with Gasteiger partial charge in [0.1, 0.15) is 5.82 Å². The van der Waals surface area contributed by atoms with E-state index in [0.717, 1.165) is 10.0 Å². The predicted octanol–water partition coefficient (Wildman–Crippen LogP) is 4.19. The van der Waals surface area contributed by atoms with Crippen LogP contribution in [0, 0.1) is 12.7 Å². The summed E-state index contributed by atoms with van der Waals surface area (Å²) in [7, 11) is 0. The van der Waals surface area contributed by atoms with Gasteiger partial charge < -0.3 is 10.7 Å². The van der Waals surface area contributed by atoms with Gasteiger partial charge in [-0.1, -0.05) is 15.9 Å². The van der Waals surface area contributed by atoms with Gasteiger partial charge in [-0.25, -0.2) is 4.39 Å². The zero-order valence-electron chi connectivity index (χ0n) is 11.2. The third-order valence-corrected chi connectivity index (χ3v) is 4.00. The number of carbonyl (C=O) groups excluding carboxylic acids is 1. The Balaban J connectivity index is 2.17. The minimum Gasteiger partial charge on any atom is -0.398 e. The lowest BCUT2D eigenvalue weighted by Gasteiger charge is -2.08. The highest BCUT2D eigenvalue weighted by molar-refractivity contribution is 9.10. The van der Waals surface area contributed by atoms with Crippen LogP contribution in [0.15, 0.2) is 41.0 Å². The van der Waals surface area contributed by atoms with Crippen LogP contribution in [-0.2, 0) is 0 Å². The van der Waals surface area contributed by atoms with Crippen LogP contribution in [-0.4, -0.2) is 10.8 Å². The number of nitrogens with one attached hydrogen (secondary N) is 1. The molecule has 106 valence electrons.